The molecule has 20 heavy (non-hydrogen) atoms. The van der Waals surface area contributed by atoms with E-state index in [4.69, 9.17) is 0 Å². The fourth-order valence-electron chi connectivity index (χ4n) is 1.36. The zero-order valence-electron chi connectivity index (χ0n) is 10.4. The minimum atomic E-state index is -4.40. The summed E-state index contributed by atoms with van der Waals surface area (Å²) in [5.74, 6) is 0.216. The van der Waals surface area contributed by atoms with Crippen LogP contribution in [-0.4, -0.2) is 20.9 Å². The first-order valence-corrected chi connectivity index (χ1v) is 7.35. The highest BCUT2D eigenvalue weighted by Gasteiger charge is 2.31. The lowest BCUT2D eigenvalue weighted by atomic mass is 10.2. The van der Waals surface area contributed by atoms with Crippen LogP contribution in [0.3, 0.4) is 0 Å². The molecular weight excluding hydrogens is 309 g/mol. The quantitative estimate of drug-likeness (QED) is 0.905. The van der Waals surface area contributed by atoms with Gasteiger partial charge in [-0.1, -0.05) is 6.92 Å². The number of rotatable bonds is 5. The van der Waals surface area contributed by atoms with Crippen LogP contribution in [0, 0.1) is 0 Å². The molecule has 0 fully saturated rings. The topological polar surface area (TPSA) is 50.7 Å². The number of nitrogens with zero attached hydrogens (tertiary/aromatic N) is 3. The first-order valence-electron chi connectivity index (χ1n) is 5.76. The van der Waals surface area contributed by atoms with E-state index >= 15 is 0 Å². The molecule has 9 heteroatoms. The van der Waals surface area contributed by atoms with E-state index in [9.17, 15) is 13.2 Å². The van der Waals surface area contributed by atoms with Crippen LogP contribution in [0.2, 0.25) is 0 Å². The van der Waals surface area contributed by atoms with E-state index in [1.807, 2.05) is 6.92 Å². The fraction of sp³-hybridized carbons (Fsp3) is 0.364. The molecule has 0 saturated heterocycles. The summed E-state index contributed by atoms with van der Waals surface area (Å²) in [6.45, 7) is 2.49. The molecule has 0 radical (unpaired) electrons. The van der Waals surface area contributed by atoms with Gasteiger partial charge in [-0.3, -0.25) is 0 Å². The summed E-state index contributed by atoms with van der Waals surface area (Å²) in [5, 5.41) is 3.12. The monoisotopic (exact) mass is 320 g/mol. The summed E-state index contributed by atoms with van der Waals surface area (Å²) in [4.78, 5) is 8.07. The van der Waals surface area contributed by atoms with Gasteiger partial charge in [0.25, 0.3) is 0 Å². The van der Waals surface area contributed by atoms with Crippen molar-refractivity contribution >= 4 is 29.1 Å². The molecule has 0 saturated carbocycles. The second-order valence-corrected chi connectivity index (χ2v) is 5.86. The molecule has 0 atom stereocenters. The van der Waals surface area contributed by atoms with Crippen molar-refractivity contribution in [3.8, 4) is 0 Å². The van der Waals surface area contributed by atoms with Crippen molar-refractivity contribution in [2.45, 2.75) is 28.9 Å². The molecule has 0 aromatic carbocycles. The van der Waals surface area contributed by atoms with Gasteiger partial charge >= 0.3 is 6.18 Å². The molecule has 108 valence electrons. The standard InChI is InChI=1S/C11H11F3N4S2/c1-2-3-15-8-4-7(11(12,13)14)5-9(18-8)19-10-16-6-17-20-10/h4-6H,2-3H2,1H3,(H,15,18). The number of halogens is 3. The minimum Gasteiger partial charge on any atom is -0.370 e. The Kier molecular flexibility index (Phi) is 4.81. The lowest BCUT2D eigenvalue weighted by Crippen LogP contribution is -2.09. The Balaban J connectivity index is 2.29. The Bertz CT molecular complexity index is 557. The average molecular weight is 320 g/mol. The van der Waals surface area contributed by atoms with Crippen LogP contribution in [-0.2, 0) is 6.18 Å². The van der Waals surface area contributed by atoms with Gasteiger partial charge in [0.1, 0.15) is 17.2 Å². The molecule has 2 aromatic heterocycles. The van der Waals surface area contributed by atoms with E-state index in [0.717, 1.165) is 41.8 Å². The largest absolute Gasteiger partial charge is 0.416 e. The van der Waals surface area contributed by atoms with Crippen molar-refractivity contribution < 1.29 is 13.2 Å². The number of anilines is 1. The number of alkyl halides is 3. The lowest BCUT2D eigenvalue weighted by molar-refractivity contribution is -0.137. The molecule has 2 rings (SSSR count). The van der Waals surface area contributed by atoms with E-state index in [-0.39, 0.29) is 10.8 Å². The Morgan fingerprint density at radius 1 is 1.35 bits per heavy atom. The number of hydrogen-bond donors (Lipinski definition) is 1. The van der Waals surface area contributed by atoms with E-state index in [0.29, 0.717) is 10.9 Å². The Morgan fingerprint density at radius 2 is 2.15 bits per heavy atom. The van der Waals surface area contributed by atoms with Crippen molar-refractivity contribution in [3.63, 3.8) is 0 Å². The third-order valence-corrected chi connectivity index (χ3v) is 3.85. The zero-order valence-corrected chi connectivity index (χ0v) is 12.1. The minimum absolute atomic E-state index is 0.216. The van der Waals surface area contributed by atoms with E-state index in [2.05, 4.69) is 19.7 Å². The maximum atomic E-state index is 12.9. The number of hydrogen-bond acceptors (Lipinski definition) is 6. The highest BCUT2D eigenvalue weighted by molar-refractivity contribution is 8.00. The van der Waals surface area contributed by atoms with Gasteiger partial charge in [0.05, 0.1) is 5.56 Å². The van der Waals surface area contributed by atoms with Crippen molar-refractivity contribution in [1.82, 2.24) is 14.3 Å². The average Bonchev–Trinajstić information content (AvgIpc) is 2.88. The maximum absolute atomic E-state index is 12.9. The van der Waals surface area contributed by atoms with E-state index in [1.165, 1.54) is 6.33 Å². The molecule has 1 N–H and O–H groups in total. The Hall–Kier alpha value is -1.35. The summed E-state index contributed by atoms with van der Waals surface area (Å²) in [7, 11) is 0. The van der Waals surface area contributed by atoms with Crippen LogP contribution in [0.25, 0.3) is 0 Å². The van der Waals surface area contributed by atoms with Crippen molar-refractivity contribution in [3.05, 3.63) is 24.0 Å². The summed E-state index contributed by atoms with van der Waals surface area (Å²) < 4.78 is 42.9. The summed E-state index contributed by atoms with van der Waals surface area (Å²) in [5.41, 5.74) is -0.724. The molecule has 0 aliphatic carbocycles. The van der Waals surface area contributed by atoms with Gasteiger partial charge in [-0.15, -0.1) is 0 Å². The first-order chi connectivity index (χ1) is 9.49. The van der Waals surface area contributed by atoms with Crippen LogP contribution >= 0.6 is 23.3 Å². The van der Waals surface area contributed by atoms with Crippen LogP contribution in [0.4, 0.5) is 19.0 Å². The Morgan fingerprint density at radius 3 is 2.75 bits per heavy atom. The second-order valence-electron chi connectivity index (χ2n) is 3.81. The molecular formula is C11H11F3N4S2. The highest BCUT2D eigenvalue weighted by atomic mass is 32.2. The molecule has 0 bridgehead atoms. The molecule has 4 nitrogen and oxygen atoms in total. The third-order valence-electron chi connectivity index (χ3n) is 2.22. The van der Waals surface area contributed by atoms with Crippen LogP contribution in [0.5, 0.6) is 0 Å². The summed E-state index contributed by atoms with van der Waals surface area (Å²) in [6.07, 6.45) is -2.24. The molecule has 0 unspecified atom stereocenters. The smallest absolute Gasteiger partial charge is 0.370 e. The van der Waals surface area contributed by atoms with E-state index < -0.39 is 11.7 Å². The van der Waals surface area contributed by atoms with Crippen LogP contribution in [0.1, 0.15) is 18.9 Å². The van der Waals surface area contributed by atoms with Crippen molar-refractivity contribution in [1.29, 1.82) is 0 Å². The van der Waals surface area contributed by atoms with Crippen LogP contribution < -0.4 is 5.32 Å². The molecule has 2 aromatic rings. The lowest BCUT2D eigenvalue weighted by Gasteiger charge is -2.11. The zero-order chi connectivity index (χ0) is 14.6. The summed E-state index contributed by atoms with van der Waals surface area (Å²) >= 11 is 2.18. The number of pyridine rings is 1. The third kappa shape index (κ3) is 4.07. The van der Waals surface area contributed by atoms with Gasteiger partial charge in [0.15, 0.2) is 4.34 Å². The molecule has 0 aliphatic heterocycles. The van der Waals surface area contributed by atoms with Gasteiger partial charge in [-0.25, -0.2) is 9.97 Å². The van der Waals surface area contributed by atoms with Gasteiger partial charge in [-0.05, 0) is 41.8 Å². The molecule has 0 amide bonds. The van der Waals surface area contributed by atoms with Crippen LogP contribution in [0.15, 0.2) is 27.8 Å². The molecule has 0 spiro atoms. The van der Waals surface area contributed by atoms with Crippen molar-refractivity contribution in [2.24, 2.45) is 0 Å². The SMILES string of the molecule is CCCNc1cc(C(F)(F)F)cc(Sc2ncns2)n1. The van der Waals surface area contributed by atoms with Crippen molar-refractivity contribution in [2.75, 3.05) is 11.9 Å². The van der Waals surface area contributed by atoms with Gasteiger partial charge in [-0.2, -0.15) is 17.5 Å². The van der Waals surface area contributed by atoms with Gasteiger partial charge in [0.2, 0.25) is 0 Å². The van der Waals surface area contributed by atoms with E-state index in [1.54, 1.807) is 0 Å². The normalized spacial score (nSPS) is 11.6. The maximum Gasteiger partial charge on any atom is 0.416 e. The second kappa shape index (κ2) is 6.40. The molecule has 0 aliphatic rings. The predicted octanol–water partition coefficient (Wildman–Crippen LogP) is 3.93. The highest BCUT2D eigenvalue weighted by Crippen LogP contribution is 2.35. The number of nitrogens with one attached hydrogen (secondary N) is 1. The first kappa shape index (κ1) is 15.0. The Labute approximate surface area is 122 Å². The van der Waals surface area contributed by atoms with Gasteiger partial charge in [0, 0.05) is 6.54 Å². The predicted molar refractivity (Wildman–Crippen MR) is 72.1 cm³/mol. The molecule has 2 heterocycles. The van der Waals surface area contributed by atoms with Gasteiger partial charge < -0.3 is 5.32 Å². The summed E-state index contributed by atoms with van der Waals surface area (Å²) in [6, 6.07) is 2.03. The fourth-order valence-corrected chi connectivity index (χ4v) is 2.78. The number of aromatic nitrogens is 3.